The molecule has 6 nitrogen and oxygen atoms in total. The number of rotatable bonds is 7. The van der Waals surface area contributed by atoms with Crippen LogP contribution in [0.5, 0.6) is 0 Å². The zero-order valence-electron chi connectivity index (χ0n) is 10.2. The molecule has 0 saturated heterocycles. The van der Waals surface area contributed by atoms with E-state index in [1.807, 2.05) is 0 Å². The van der Waals surface area contributed by atoms with Gasteiger partial charge in [0.25, 0.3) is 5.69 Å². The van der Waals surface area contributed by atoms with Crippen molar-refractivity contribution in [3.8, 4) is 0 Å². The molecule has 0 spiro atoms. The molecule has 18 heavy (non-hydrogen) atoms. The number of para-hydroxylation sites is 1. The van der Waals surface area contributed by atoms with Gasteiger partial charge in [-0.3, -0.25) is 14.9 Å². The van der Waals surface area contributed by atoms with Gasteiger partial charge in [-0.2, -0.15) is 0 Å². The molecule has 0 aromatic heterocycles. The highest BCUT2D eigenvalue weighted by Gasteiger charge is 2.11. The van der Waals surface area contributed by atoms with Gasteiger partial charge in [0.2, 0.25) is 0 Å². The van der Waals surface area contributed by atoms with Crippen LogP contribution in [0.15, 0.2) is 24.3 Å². The van der Waals surface area contributed by atoms with Crippen LogP contribution in [-0.4, -0.2) is 24.5 Å². The van der Waals surface area contributed by atoms with E-state index in [-0.39, 0.29) is 11.7 Å². The molecule has 0 atom stereocenters. The molecule has 1 aromatic carbocycles. The van der Waals surface area contributed by atoms with E-state index >= 15 is 0 Å². The standard InChI is InChI=1S/C12H16N2O4/c1-18-12(15)7-4-8-13-9-10-5-2-3-6-11(10)14(16)17/h2-3,5-6,13H,4,7-9H2,1H3. The van der Waals surface area contributed by atoms with E-state index in [0.29, 0.717) is 31.5 Å². The smallest absolute Gasteiger partial charge is 0.305 e. The number of hydrogen-bond donors (Lipinski definition) is 1. The molecule has 0 amide bonds. The summed E-state index contributed by atoms with van der Waals surface area (Å²) in [4.78, 5) is 21.2. The van der Waals surface area contributed by atoms with Crippen molar-refractivity contribution in [2.24, 2.45) is 0 Å². The van der Waals surface area contributed by atoms with Gasteiger partial charge in [-0.25, -0.2) is 0 Å². The van der Waals surface area contributed by atoms with E-state index in [9.17, 15) is 14.9 Å². The summed E-state index contributed by atoms with van der Waals surface area (Å²) in [5.74, 6) is -0.248. The van der Waals surface area contributed by atoms with Crippen molar-refractivity contribution < 1.29 is 14.5 Å². The molecular formula is C12H16N2O4. The molecule has 0 radical (unpaired) electrons. The normalized spacial score (nSPS) is 10.1. The molecule has 0 fully saturated rings. The van der Waals surface area contributed by atoms with Crippen molar-refractivity contribution in [2.45, 2.75) is 19.4 Å². The number of nitro groups is 1. The summed E-state index contributed by atoms with van der Waals surface area (Å²) in [7, 11) is 1.35. The molecule has 0 heterocycles. The number of nitrogens with one attached hydrogen (secondary N) is 1. The minimum Gasteiger partial charge on any atom is -0.469 e. The molecule has 1 rings (SSSR count). The summed E-state index contributed by atoms with van der Waals surface area (Å²) in [6.45, 7) is 1.03. The third kappa shape index (κ3) is 4.50. The first kappa shape index (κ1) is 14.1. The first-order valence-corrected chi connectivity index (χ1v) is 5.65. The van der Waals surface area contributed by atoms with Crippen molar-refractivity contribution in [1.29, 1.82) is 0 Å². The fourth-order valence-corrected chi connectivity index (χ4v) is 1.52. The topological polar surface area (TPSA) is 81.5 Å². The summed E-state index contributed by atoms with van der Waals surface area (Å²) >= 11 is 0. The molecule has 0 unspecified atom stereocenters. The van der Waals surface area contributed by atoms with Gasteiger partial charge in [0, 0.05) is 24.6 Å². The predicted octanol–water partition coefficient (Wildman–Crippen LogP) is 1.64. The maximum absolute atomic E-state index is 10.8. The summed E-state index contributed by atoms with van der Waals surface area (Å²) in [6.07, 6.45) is 0.994. The highest BCUT2D eigenvalue weighted by atomic mass is 16.6. The van der Waals surface area contributed by atoms with Crippen LogP contribution in [-0.2, 0) is 16.1 Å². The van der Waals surface area contributed by atoms with Crippen LogP contribution in [0.25, 0.3) is 0 Å². The highest BCUT2D eigenvalue weighted by molar-refractivity contribution is 5.69. The fraction of sp³-hybridized carbons (Fsp3) is 0.417. The van der Waals surface area contributed by atoms with Crippen molar-refractivity contribution in [3.05, 3.63) is 39.9 Å². The van der Waals surface area contributed by atoms with Gasteiger partial charge in [-0.05, 0) is 13.0 Å². The van der Waals surface area contributed by atoms with Crippen molar-refractivity contribution >= 4 is 11.7 Å². The van der Waals surface area contributed by atoms with Gasteiger partial charge in [0.05, 0.1) is 12.0 Å². The van der Waals surface area contributed by atoms with Crippen LogP contribution >= 0.6 is 0 Å². The van der Waals surface area contributed by atoms with E-state index in [0.717, 1.165) is 0 Å². The zero-order valence-corrected chi connectivity index (χ0v) is 10.2. The number of methoxy groups -OCH3 is 1. The lowest BCUT2D eigenvalue weighted by atomic mass is 10.2. The largest absolute Gasteiger partial charge is 0.469 e. The van der Waals surface area contributed by atoms with Crippen LogP contribution in [0.1, 0.15) is 18.4 Å². The number of carbonyl (C=O) groups is 1. The van der Waals surface area contributed by atoms with Gasteiger partial charge in [0.1, 0.15) is 0 Å². The third-order valence-electron chi connectivity index (χ3n) is 2.47. The maximum Gasteiger partial charge on any atom is 0.305 e. The molecule has 1 aromatic rings. The monoisotopic (exact) mass is 252 g/mol. The van der Waals surface area contributed by atoms with Gasteiger partial charge in [-0.1, -0.05) is 18.2 Å². The number of esters is 1. The van der Waals surface area contributed by atoms with Gasteiger partial charge in [-0.15, -0.1) is 0 Å². The molecule has 0 aliphatic rings. The Kier molecular flexibility index (Phi) is 5.79. The fourth-order valence-electron chi connectivity index (χ4n) is 1.52. The maximum atomic E-state index is 10.8. The minimum absolute atomic E-state index is 0.109. The van der Waals surface area contributed by atoms with Crippen LogP contribution in [0.2, 0.25) is 0 Å². The molecule has 98 valence electrons. The summed E-state index contributed by atoms with van der Waals surface area (Å²) in [5, 5.41) is 13.8. The molecule has 0 bridgehead atoms. The van der Waals surface area contributed by atoms with Crippen LogP contribution in [0, 0.1) is 10.1 Å². The Hall–Kier alpha value is -1.95. The molecule has 0 saturated carbocycles. The van der Waals surface area contributed by atoms with Crippen LogP contribution in [0.4, 0.5) is 5.69 Å². The first-order valence-electron chi connectivity index (χ1n) is 5.65. The van der Waals surface area contributed by atoms with Gasteiger partial charge in [0.15, 0.2) is 0 Å². The minimum atomic E-state index is -0.397. The molecule has 0 aliphatic heterocycles. The quantitative estimate of drug-likeness (QED) is 0.345. The Balaban J connectivity index is 2.35. The summed E-state index contributed by atoms with van der Waals surface area (Å²) in [6, 6.07) is 6.59. The van der Waals surface area contributed by atoms with Gasteiger partial charge >= 0.3 is 5.97 Å². The molecule has 6 heteroatoms. The average Bonchev–Trinajstić information content (AvgIpc) is 2.38. The Morgan fingerprint density at radius 3 is 2.83 bits per heavy atom. The lowest BCUT2D eigenvalue weighted by Gasteiger charge is -2.05. The number of nitro benzene ring substituents is 1. The van der Waals surface area contributed by atoms with Crippen molar-refractivity contribution in [1.82, 2.24) is 5.32 Å². The number of ether oxygens (including phenoxy) is 1. The van der Waals surface area contributed by atoms with Crippen LogP contribution in [0.3, 0.4) is 0 Å². The van der Waals surface area contributed by atoms with E-state index < -0.39 is 4.92 Å². The number of benzene rings is 1. The van der Waals surface area contributed by atoms with Crippen LogP contribution < -0.4 is 5.32 Å². The van der Waals surface area contributed by atoms with E-state index in [1.165, 1.54) is 13.2 Å². The van der Waals surface area contributed by atoms with E-state index in [2.05, 4.69) is 10.1 Å². The SMILES string of the molecule is COC(=O)CCCNCc1ccccc1[N+](=O)[O-]. The summed E-state index contributed by atoms with van der Waals surface area (Å²) < 4.78 is 4.51. The lowest BCUT2D eigenvalue weighted by molar-refractivity contribution is -0.385. The Labute approximate surface area is 105 Å². The third-order valence-corrected chi connectivity index (χ3v) is 2.47. The Morgan fingerprint density at radius 1 is 1.44 bits per heavy atom. The predicted molar refractivity (Wildman–Crippen MR) is 66.1 cm³/mol. The number of hydrogen-bond acceptors (Lipinski definition) is 5. The number of carbonyl (C=O) groups excluding carboxylic acids is 1. The molecular weight excluding hydrogens is 236 g/mol. The number of nitrogens with zero attached hydrogens (tertiary/aromatic N) is 1. The Morgan fingerprint density at radius 2 is 2.17 bits per heavy atom. The highest BCUT2D eigenvalue weighted by Crippen LogP contribution is 2.16. The van der Waals surface area contributed by atoms with Gasteiger partial charge < -0.3 is 10.1 Å². The van der Waals surface area contributed by atoms with E-state index in [1.54, 1.807) is 18.2 Å². The first-order chi connectivity index (χ1) is 8.65. The Bertz CT molecular complexity index is 420. The van der Waals surface area contributed by atoms with E-state index in [4.69, 9.17) is 0 Å². The lowest BCUT2D eigenvalue weighted by Crippen LogP contribution is -2.16. The molecule has 1 N–H and O–H groups in total. The van der Waals surface area contributed by atoms with Crippen molar-refractivity contribution in [3.63, 3.8) is 0 Å². The molecule has 0 aliphatic carbocycles. The van der Waals surface area contributed by atoms with Crippen molar-refractivity contribution in [2.75, 3.05) is 13.7 Å². The second-order valence-corrected chi connectivity index (χ2v) is 3.74. The average molecular weight is 252 g/mol. The second kappa shape index (κ2) is 7.39. The zero-order chi connectivity index (χ0) is 13.4. The second-order valence-electron chi connectivity index (χ2n) is 3.74. The summed E-state index contributed by atoms with van der Waals surface area (Å²) in [5.41, 5.74) is 0.749.